The van der Waals surface area contributed by atoms with Gasteiger partial charge in [-0.05, 0) is 24.3 Å². The fourth-order valence-corrected chi connectivity index (χ4v) is 1.62. The van der Waals surface area contributed by atoms with Gasteiger partial charge in [-0.3, -0.25) is 0 Å². The second-order valence-electron chi connectivity index (χ2n) is 3.22. The molecule has 0 saturated heterocycles. The first-order valence-corrected chi connectivity index (χ1v) is 5.71. The summed E-state index contributed by atoms with van der Waals surface area (Å²) in [7, 11) is 1.12. The van der Waals surface area contributed by atoms with Crippen LogP contribution in [0.25, 0.3) is 6.08 Å². The molecule has 0 aromatic heterocycles. The smallest absolute Gasteiger partial charge is 0.387 e. The third-order valence-corrected chi connectivity index (χ3v) is 2.51. The van der Waals surface area contributed by atoms with E-state index in [0.717, 1.165) is 13.2 Å². The summed E-state index contributed by atoms with van der Waals surface area (Å²) < 4.78 is 33.7. The van der Waals surface area contributed by atoms with Gasteiger partial charge in [0.2, 0.25) is 0 Å². The van der Waals surface area contributed by atoms with Gasteiger partial charge in [-0.2, -0.15) is 14.0 Å². The van der Waals surface area contributed by atoms with Gasteiger partial charge in [-0.25, -0.2) is 4.79 Å². The molecule has 0 fully saturated rings. The Morgan fingerprint density at radius 1 is 1.53 bits per heavy atom. The molecular weight excluding hydrogens is 324 g/mol. The number of nitrogens with zero attached hydrogens (tertiary/aromatic N) is 1. The van der Waals surface area contributed by atoms with E-state index in [1.54, 1.807) is 6.07 Å². The third kappa shape index (κ3) is 4.34. The van der Waals surface area contributed by atoms with Crippen molar-refractivity contribution in [2.45, 2.75) is 6.61 Å². The average Bonchev–Trinajstić information content (AvgIpc) is 2.37. The maximum Gasteiger partial charge on any atom is 0.387 e. The standard InChI is InChI=1S/C12H8BrF2NO3/c1-18-11(17)8(6-16)4-7-5-9(13)2-3-10(7)19-12(14)15/h2-5,12H,1H3/b8-4+. The quantitative estimate of drug-likeness (QED) is 0.483. The number of halogens is 3. The highest BCUT2D eigenvalue weighted by molar-refractivity contribution is 9.10. The van der Waals surface area contributed by atoms with Crippen LogP contribution in [0.15, 0.2) is 28.2 Å². The van der Waals surface area contributed by atoms with Crippen molar-refractivity contribution in [2.24, 2.45) is 0 Å². The lowest BCUT2D eigenvalue weighted by Crippen LogP contribution is -2.05. The largest absolute Gasteiger partial charge is 0.465 e. The summed E-state index contributed by atoms with van der Waals surface area (Å²) in [6.45, 7) is -3.00. The van der Waals surface area contributed by atoms with Crippen molar-refractivity contribution in [3.8, 4) is 11.8 Å². The zero-order valence-electron chi connectivity index (χ0n) is 9.69. The van der Waals surface area contributed by atoms with E-state index in [9.17, 15) is 13.6 Å². The van der Waals surface area contributed by atoms with E-state index in [2.05, 4.69) is 25.4 Å². The van der Waals surface area contributed by atoms with Gasteiger partial charge >= 0.3 is 12.6 Å². The molecule has 0 unspecified atom stereocenters. The summed E-state index contributed by atoms with van der Waals surface area (Å²) in [6, 6.07) is 5.87. The van der Waals surface area contributed by atoms with E-state index in [0.29, 0.717) is 4.47 Å². The molecule has 1 aromatic carbocycles. The maximum atomic E-state index is 12.2. The van der Waals surface area contributed by atoms with Crippen molar-refractivity contribution in [3.63, 3.8) is 0 Å². The highest BCUT2D eigenvalue weighted by Gasteiger charge is 2.13. The number of esters is 1. The van der Waals surface area contributed by atoms with Crippen LogP contribution in [0.2, 0.25) is 0 Å². The maximum absolute atomic E-state index is 12.2. The van der Waals surface area contributed by atoms with E-state index in [4.69, 9.17) is 5.26 Å². The molecule has 0 aliphatic rings. The molecule has 100 valence electrons. The molecule has 0 atom stereocenters. The summed E-state index contributed by atoms with van der Waals surface area (Å²) in [5.74, 6) is -1.000. The van der Waals surface area contributed by atoms with Crippen LogP contribution >= 0.6 is 15.9 Å². The van der Waals surface area contributed by atoms with Crippen molar-refractivity contribution in [1.29, 1.82) is 5.26 Å². The first-order valence-electron chi connectivity index (χ1n) is 4.92. The van der Waals surface area contributed by atoms with E-state index in [-0.39, 0.29) is 16.9 Å². The van der Waals surface area contributed by atoms with E-state index in [1.165, 1.54) is 18.2 Å². The Morgan fingerprint density at radius 2 is 2.21 bits per heavy atom. The molecule has 0 amide bonds. The van der Waals surface area contributed by atoms with Crippen molar-refractivity contribution < 1.29 is 23.0 Å². The number of carbonyl (C=O) groups excluding carboxylic acids is 1. The lowest BCUT2D eigenvalue weighted by molar-refractivity contribution is -0.135. The molecule has 0 aliphatic carbocycles. The molecule has 0 heterocycles. The Kier molecular flexibility index (Phi) is 5.45. The topological polar surface area (TPSA) is 59.3 Å². The summed E-state index contributed by atoms with van der Waals surface area (Å²) in [6.07, 6.45) is 1.12. The van der Waals surface area contributed by atoms with Crippen molar-refractivity contribution in [3.05, 3.63) is 33.8 Å². The van der Waals surface area contributed by atoms with Gasteiger partial charge in [-0.1, -0.05) is 15.9 Å². The minimum absolute atomic E-state index is 0.144. The molecule has 0 radical (unpaired) electrons. The van der Waals surface area contributed by atoms with Gasteiger partial charge < -0.3 is 9.47 Å². The molecule has 19 heavy (non-hydrogen) atoms. The molecule has 0 spiro atoms. The lowest BCUT2D eigenvalue weighted by Gasteiger charge is -2.08. The number of benzene rings is 1. The number of hydrogen-bond acceptors (Lipinski definition) is 4. The number of hydrogen-bond donors (Lipinski definition) is 0. The molecule has 0 saturated carbocycles. The van der Waals surface area contributed by atoms with Crippen molar-refractivity contribution >= 4 is 28.0 Å². The van der Waals surface area contributed by atoms with E-state index < -0.39 is 12.6 Å². The first kappa shape index (κ1) is 15.1. The van der Waals surface area contributed by atoms with Gasteiger partial charge in [0.05, 0.1) is 7.11 Å². The number of ether oxygens (including phenoxy) is 2. The Balaban J connectivity index is 3.24. The van der Waals surface area contributed by atoms with Crippen LogP contribution in [0.1, 0.15) is 5.56 Å². The molecule has 0 aliphatic heterocycles. The Bertz CT molecular complexity index is 552. The highest BCUT2D eigenvalue weighted by Crippen LogP contribution is 2.27. The summed E-state index contributed by atoms with van der Waals surface area (Å²) in [4.78, 5) is 11.3. The van der Waals surface area contributed by atoms with E-state index >= 15 is 0 Å². The van der Waals surface area contributed by atoms with Gasteiger partial charge in [0, 0.05) is 10.0 Å². The van der Waals surface area contributed by atoms with Crippen molar-refractivity contribution in [2.75, 3.05) is 7.11 Å². The van der Waals surface area contributed by atoms with Gasteiger partial charge in [0.1, 0.15) is 17.4 Å². The average molecular weight is 332 g/mol. The van der Waals surface area contributed by atoms with Crippen molar-refractivity contribution in [1.82, 2.24) is 0 Å². The SMILES string of the molecule is COC(=O)/C(C#N)=C/c1cc(Br)ccc1OC(F)F. The van der Waals surface area contributed by atoms with Crippen LogP contribution in [0, 0.1) is 11.3 Å². The molecular formula is C12H8BrF2NO3. The first-order chi connectivity index (χ1) is 8.97. The van der Waals surface area contributed by atoms with Gasteiger partial charge in [0.15, 0.2) is 0 Å². The second-order valence-corrected chi connectivity index (χ2v) is 4.14. The van der Waals surface area contributed by atoms with Gasteiger partial charge in [0.25, 0.3) is 0 Å². The predicted octanol–water partition coefficient (Wildman–Crippen LogP) is 3.13. The summed E-state index contributed by atoms with van der Waals surface area (Å²) >= 11 is 3.16. The highest BCUT2D eigenvalue weighted by atomic mass is 79.9. The Hall–Kier alpha value is -1.94. The summed E-state index contributed by atoms with van der Waals surface area (Å²) in [5.41, 5.74) is -0.156. The number of carbonyl (C=O) groups is 1. The predicted molar refractivity (Wildman–Crippen MR) is 66.4 cm³/mol. The van der Waals surface area contributed by atoms with E-state index in [1.807, 2.05) is 0 Å². The normalized spacial score (nSPS) is 11.1. The monoisotopic (exact) mass is 331 g/mol. The number of alkyl halides is 2. The fraction of sp³-hybridized carbons (Fsp3) is 0.167. The Morgan fingerprint density at radius 3 is 2.74 bits per heavy atom. The number of rotatable bonds is 4. The third-order valence-electron chi connectivity index (χ3n) is 2.01. The molecule has 4 nitrogen and oxygen atoms in total. The summed E-state index contributed by atoms with van der Waals surface area (Å²) in [5, 5.41) is 8.81. The van der Waals surface area contributed by atoms with Crippen LogP contribution in [0.3, 0.4) is 0 Å². The van der Waals surface area contributed by atoms with Crippen LogP contribution in [-0.4, -0.2) is 19.7 Å². The Labute approximate surface area is 116 Å². The lowest BCUT2D eigenvalue weighted by atomic mass is 10.1. The molecule has 1 rings (SSSR count). The van der Waals surface area contributed by atoms with Crippen LogP contribution in [0.5, 0.6) is 5.75 Å². The minimum atomic E-state index is -3.00. The number of nitriles is 1. The molecule has 0 N–H and O–H groups in total. The fourth-order valence-electron chi connectivity index (χ4n) is 1.24. The number of methoxy groups -OCH3 is 1. The van der Waals surface area contributed by atoms with Crippen LogP contribution in [-0.2, 0) is 9.53 Å². The zero-order chi connectivity index (χ0) is 14.4. The molecule has 0 bridgehead atoms. The van der Waals surface area contributed by atoms with Crippen LogP contribution < -0.4 is 4.74 Å². The second kappa shape index (κ2) is 6.85. The van der Waals surface area contributed by atoms with Crippen LogP contribution in [0.4, 0.5) is 8.78 Å². The van der Waals surface area contributed by atoms with Gasteiger partial charge in [-0.15, -0.1) is 0 Å². The molecule has 7 heteroatoms. The minimum Gasteiger partial charge on any atom is -0.465 e. The molecule has 1 aromatic rings. The zero-order valence-corrected chi connectivity index (χ0v) is 11.3.